The molecule has 1 aliphatic heterocycles. The molecular weight excluding hydrogens is 458 g/mol. The number of carbonyl (C=O) groups excluding carboxylic acids is 2. The van der Waals surface area contributed by atoms with E-state index in [1.165, 1.54) is 0 Å². The second-order valence-corrected chi connectivity index (χ2v) is 9.29. The van der Waals surface area contributed by atoms with Crippen LogP contribution in [0.1, 0.15) is 66.3 Å². The van der Waals surface area contributed by atoms with E-state index in [1.54, 1.807) is 42.9 Å². The molecule has 3 unspecified atom stereocenters. The summed E-state index contributed by atoms with van der Waals surface area (Å²) in [6, 6.07) is 8.50. The molecule has 1 aromatic carbocycles. The molecule has 36 heavy (non-hydrogen) atoms. The summed E-state index contributed by atoms with van der Waals surface area (Å²) < 4.78 is 5.59. The van der Waals surface area contributed by atoms with Crippen molar-refractivity contribution in [2.24, 2.45) is 5.92 Å². The van der Waals surface area contributed by atoms with Gasteiger partial charge in [0, 0.05) is 43.0 Å². The summed E-state index contributed by atoms with van der Waals surface area (Å²) in [6.45, 7) is 1.17. The zero-order valence-electron chi connectivity index (χ0n) is 19.8. The zero-order valence-corrected chi connectivity index (χ0v) is 19.8. The molecule has 10 heteroatoms. The van der Waals surface area contributed by atoms with Gasteiger partial charge in [-0.1, -0.05) is 24.1 Å². The van der Waals surface area contributed by atoms with E-state index in [0.29, 0.717) is 54.5 Å². The van der Waals surface area contributed by atoms with Crippen molar-refractivity contribution < 1.29 is 14.1 Å². The molecule has 184 valence electrons. The van der Waals surface area contributed by atoms with Crippen molar-refractivity contribution in [1.29, 1.82) is 5.26 Å². The highest BCUT2D eigenvalue weighted by Gasteiger charge is 2.45. The van der Waals surface area contributed by atoms with Gasteiger partial charge < -0.3 is 14.7 Å². The predicted octanol–water partition coefficient (Wildman–Crippen LogP) is 3.09. The van der Waals surface area contributed by atoms with Gasteiger partial charge in [0.15, 0.2) is 0 Å². The maximum atomic E-state index is 13.7. The Bertz CT molecular complexity index is 1270. The SMILES string of the molecule is N#Cc1cccc(C(=O)N2CCCCCCNC(=O)C3CC(c4nc(-c5cnccn5)no4)CC32)c1. The molecule has 0 spiro atoms. The van der Waals surface area contributed by atoms with Crippen molar-refractivity contribution in [2.75, 3.05) is 13.1 Å². The first-order valence-corrected chi connectivity index (χ1v) is 12.3. The molecule has 0 radical (unpaired) electrons. The van der Waals surface area contributed by atoms with E-state index < -0.39 is 5.92 Å². The number of carbonyl (C=O) groups is 2. The number of fused-ring (bicyclic) bond motifs is 1. The second kappa shape index (κ2) is 10.6. The van der Waals surface area contributed by atoms with Crippen molar-refractivity contribution in [2.45, 2.75) is 50.5 Å². The lowest BCUT2D eigenvalue weighted by Crippen LogP contribution is -2.47. The first kappa shape index (κ1) is 23.6. The van der Waals surface area contributed by atoms with Crippen LogP contribution in [0.15, 0.2) is 47.4 Å². The number of nitriles is 1. The lowest BCUT2D eigenvalue weighted by molar-refractivity contribution is -0.126. The molecule has 10 nitrogen and oxygen atoms in total. The lowest BCUT2D eigenvalue weighted by atomic mass is 9.99. The van der Waals surface area contributed by atoms with Crippen LogP contribution in [-0.2, 0) is 4.79 Å². The monoisotopic (exact) mass is 485 g/mol. The van der Waals surface area contributed by atoms with Gasteiger partial charge in [0.25, 0.3) is 5.91 Å². The normalized spacial score (nSPS) is 22.7. The molecule has 0 bridgehead atoms. The quantitative estimate of drug-likeness (QED) is 0.597. The van der Waals surface area contributed by atoms with Gasteiger partial charge in [0.1, 0.15) is 5.69 Å². The van der Waals surface area contributed by atoms with E-state index in [-0.39, 0.29) is 23.8 Å². The van der Waals surface area contributed by atoms with Gasteiger partial charge in [-0.15, -0.1) is 0 Å². The molecule has 2 aliphatic rings. The van der Waals surface area contributed by atoms with Crippen LogP contribution in [-0.4, -0.2) is 56.0 Å². The molecule has 3 aromatic rings. The molecule has 2 fully saturated rings. The Morgan fingerprint density at radius 3 is 2.89 bits per heavy atom. The van der Waals surface area contributed by atoms with Crippen LogP contribution < -0.4 is 5.32 Å². The van der Waals surface area contributed by atoms with Crippen LogP contribution in [0.4, 0.5) is 0 Å². The van der Waals surface area contributed by atoms with E-state index >= 15 is 0 Å². The predicted molar refractivity (Wildman–Crippen MR) is 128 cm³/mol. The third-order valence-electron chi connectivity index (χ3n) is 6.97. The fraction of sp³-hybridized carbons (Fsp3) is 0.423. The molecule has 2 amide bonds. The Labute approximate surface area is 208 Å². The Hall–Kier alpha value is -4.13. The second-order valence-electron chi connectivity index (χ2n) is 9.29. The summed E-state index contributed by atoms with van der Waals surface area (Å²) in [5.74, 6) is -0.0160. The van der Waals surface area contributed by atoms with Crippen molar-refractivity contribution in [3.05, 3.63) is 59.9 Å². The van der Waals surface area contributed by atoms with Gasteiger partial charge in [0.05, 0.1) is 23.7 Å². The van der Waals surface area contributed by atoms with Crippen LogP contribution >= 0.6 is 0 Å². The van der Waals surface area contributed by atoms with E-state index in [2.05, 4.69) is 31.5 Å². The number of nitrogens with zero attached hydrogens (tertiary/aromatic N) is 6. The van der Waals surface area contributed by atoms with Crippen molar-refractivity contribution in [3.63, 3.8) is 0 Å². The molecule has 5 rings (SSSR count). The standard InChI is InChI=1S/C26H27N7O3/c27-15-17-6-5-7-18(12-17)26(35)33-11-4-2-1-3-8-30-24(34)20-13-19(14-22(20)33)25-31-23(32-36-25)21-16-28-9-10-29-21/h5-7,9-10,12,16,19-20,22H,1-4,8,11,13-14H2,(H,30,34). The Morgan fingerprint density at radius 2 is 2.06 bits per heavy atom. The van der Waals surface area contributed by atoms with E-state index in [0.717, 1.165) is 25.7 Å². The van der Waals surface area contributed by atoms with Crippen LogP contribution in [0.3, 0.4) is 0 Å². The maximum absolute atomic E-state index is 13.7. The zero-order chi connectivity index (χ0) is 24.9. The van der Waals surface area contributed by atoms with Crippen molar-refractivity contribution in [3.8, 4) is 17.6 Å². The lowest BCUT2D eigenvalue weighted by Gasteiger charge is -2.32. The summed E-state index contributed by atoms with van der Waals surface area (Å²) in [7, 11) is 0. The van der Waals surface area contributed by atoms with E-state index in [1.807, 2.05) is 4.90 Å². The third kappa shape index (κ3) is 4.96. The minimum Gasteiger partial charge on any atom is -0.356 e. The average Bonchev–Trinajstić information content (AvgIpc) is 3.58. The highest BCUT2D eigenvalue weighted by Crippen LogP contribution is 2.41. The van der Waals surface area contributed by atoms with Crippen LogP contribution in [0.5, 0.6) is 0 Å². The summed E-state index contributed by atoms with van der Waals surface area (Å²) in [5.41, 5.74) is 1.39. The van der Waals surface area contributed by atoms with Gasteiger partial charge in [-0.2, -0.15) is 10.2 Å². The largest absolute Gasteiger partial charge is 0.356 e. The fourth-order valence-electron chi connectivity index (χ4n) is 5.17. The summed E-state index contributed by atoms with van der Waals surface area (Å²) in [4.78, 5) is 41.6. The summed E-state index contributed by atoms with van der Waals surface area (Å²) in [6.07, 6.45) is 9.47. The smallest absolute Gasteiger partial charge is 0.254 e. The number of amides is 2. The Morgan fingerprint density at radius 1 is 1.17 bits per heavy atom. The molecule has 1 N–H and O–H groups in total. The van der Waals surface area contributed by atoms with E-state index in [4.69, 9.17) is 4.52 Å². The Balaban J connectivity index is 1.45. The molecule has 3 heterocycles. The molecule has 1 saturated carbocycles. The number of benzene rings is 1. The number of hydrogen-bond acceptors (Lipinski definition) is 8. The molecular formula is C26H27N7O3. The third-order valence-corrected chi connectivity index (χ3v) is 6.97. The minimum absolute atomic E-state index is 0.0540. The van der Waals surface area contributed by atoms with Crippen molar-refractivity contribution >= 4 is 11.8 Å². The van der Waals surface area contributed by atoms with Crippen LogP contribution in [0.25, 0.3) is 11.5 Å². The minimum atomic E-state index is -0.400. The van der Waals surface area contributed by atoms with Gasteiger partial charge in [-0.05, 0) is 43.9 Å². The van der Waals surface area contributed by atoms with Gasteiger partial charge >= 0.3 is 0 Å². The maximum Gasteiger partial charge on any atom is 0.254 e. The van der Waals surface area contributed by atoms with Gasteiger partial charge in [0.2, 0.25) is 17.6 Å². The summed E-state index contributed by atoms with van der Waals surface area (Å²) >= 11 is 0. The number of rotatable bonds is 3. The number of nitrogens with one attached hydrogen (secondary N) is 1. The van der Waals surface area contributed by atoms with Gasteiger partial charge in [-0.25, -0.2) is 4.98 Å². The first-order chi connectivity index (χ1) is 17.6. The Kier molecular flexibility index (Phi) is 6.98. The van der Waals surface area contributed by atoms with Crippen molar-refractivity contribution in [1.82, 2.24) is 30.3 Å². The average molecular weight is 486 g/mol. The molecule has 1 saturated heterocycles. The molecule has 3 atom stereocenters. The highest BCUT2D eigenvalue weighted by molar-refractivity contribution is 5.95. The molecule has 1 aliphatic carbocycles. The van der Waals surface area contributed by atoms with E-state index in [9.17, 15) is 14.9 Å². The fourth-order valence-corrected chi connectivity index (χ4v) is 5.17. The van der Waals surface area contributed by atoms with Crippen LogP contribution in [0.2, 0.25) is 0 Å². The van der Waals surface area contributed by atoms with Gasteiger partial charge in [-0.3, -0.25) is 14.6 Å². The van der Waals surface area contributed by atoms with Crippen LogP contribution in [0, 0.1) is 17.2 Å². The highest BCUT2D eigenvalue weighted by atomic mass is 16.5. The molecule has 2 aromatic heterocycles. The topological polar surface area (TPSA) is 138 Å². The summed E-state index contributed by atoms with van der Waals surface area (Å²) in [5, 5.41) is 16.4. The number of hydrogen-bond donors (Lipinski definition) is 1. The number of aromatic nitrogens is 4. The first-order valence-electron chi connectivity index (χ1n) is 12.3.